The molecule has 0 aliphatic carbocycles. The summed E-state index contributed by atoms with van der Waals surface area (Å²) in [6.45, 7) is 4.82. The van der Waals surface area contributed by atoms with Gasteiger partial charge in [-0.15, -0.1) is 0 Å². The molecule has 1 amide bonds. The van der Waals surface area contributed by atoms with Gasteiger partial charge < -0.3 is 20.7 Å². The second-order valence-corrected chi connectivity index (χ2v) is 7.75. The molecule has 1 aromatic heterocycles. The van der Waals surface area contributed by atoms with E-state index in [2.05, 4.69) is 21.9 Å². The molecule has 3 aromatic rings. The minimum absolute atomic E-state index is 0.0538. The van der Waals surface area contributed by atoms with Gasteiger partial charge in [0.1, 0.15) is 29.5 Å². The quantitative estimate of drug-likeness (QED) is 0.378. The van der Waals surface area contributed by atoms with Gasteiger partial charge in [-0.05, 0) is 55.3 Å². The lowest BCUT2D eigenvalue weighted by molar-refractivity contribution is -0.126. The van der Waals surface area contributed by atoms with Crippen molar-refractivity contribution in [2.45, 2.75) is 18.9 Å². The topological polar surface area (TPSA) is 117 Å². The fraction of sp³-hybridized carbons (Fsp3) is 0.200. The zero-order valence-corrected chi connectivity index (χ0v) is 18.2. The molecular weight excluding hydrogens is 416 g/mol. The van der Waals surface area contributed by atoms with Gasteiger partial charge in [0, 0.05) is 24.7 Å². The number of hydrogen-bond acceptors (Lipinski definition) is 7. The molecule has 8 nitrogen and oxygen atoms in total. The number of rotatable bonds is 7. The largest absolute Gasteiger partial charge is 0.457 e. The van der Waals surface area contributed by atoms with Crippen molar-refractivity contribution in [1.29, 1.82) is 5.41 Å². The van der Waals surface area contributed by atoms with Crippen LogP contribution in [0.15, 0.2) is 73.6 Å². The molecule has 168 valence electrons. The third-order valence-corrected chi connectivity index (χ3v) is 5.57. The van der Waals surface area contributed by atoms with Crippen LogP contribution in [0.2, 0.25) is 0 Å². The van der Waals surface area contributed by atoms with Gasteiger partial charge in [-0.25, -0.2) is 9.97 Å². The third kappa shape index (κ3) is 5.17. The maximum Gasteiger partial charge on any atom is 0.245 e. The van der Waals surface area contributed by atoms with E-state index >= 15 is 0 Å². The van der Waals surface area contributed by atoms with Gasteiger partial charge in [0.2, 0.25) is 5.91 Å². The number of carbonyl (C=O) groups excluding carboxylic acids is 1. The molecule has 1 aliphatic heterocycles. The highest BCUT2D eigenvalue weighted by molar-refractivity contribution is 6.16. The first-order valence-corrected chi connectivity index (χ1v) is 10.8. The van der Waals surface area contributed by atoms with E-state index in [4.69, 9.17) is 15.9 Å². The van der Waals surface area contributed by atoms with Crippen LogP contribution >= 0.6 is 0 Å². The second-order valence-electron chi connectivity index (χ2n) is 7.75. The van der Waals surface area contributed by atoms with Gasteiger partial charge in [-0.3, -0.25) is 10.2 Å². The monoisotopic (exact) mass is 442 g/mol. The summed E-state index contributed by atoms with van der Waals surface area (Å²) in [4.78, 5) is 22.1. The van der Waals surface area contributed by atoms with Crippen molar-refractivity contribution in [3.8, 4) is 11.5 Å². The number of piperidine rings is 1. The SMILES string of the molecule is C=CC(=O)N1CCC(Nc2ncnc(N)c2C(=N)c2ccc(Oc3ccccc3)cc2)CC1. The highest BCUT2D eigenvalue weighted by Crippen LogP contribution is 2.26. The summed E-state index contributed by atoms with van der Waals surface area (Å²) in [5.74, 6) is 2.12. The van der Waals surface area contributed by atoms with Crippen molar-refractivity contribution in [3.05, 3.63) is 84.7 Å². The van der Waals surface area contributed by atoms with Crippen LogP contribution in [0, 0.1) is 5.41 Å². The minimum Gasteiger partial charge on any atom is -0.457 e. The van der Waals surface area contributed by atoms with Crippen molar-refractivity contribution in [2.75, 3.05) is 24.1 Å². The van der Waals surface area contributed by atoms with Gasteiger partial charge in [-0.2, -0.15) is 0 Å². The molecule has 0 spiro atoms. The van der Waals surface area contributed by atoms with E-state index in [-0.39, 0.29) is 23.5 Å². The molecule has 1 aliphatic rings. The standard InChI is InChI=1S/C25H26N6O2/c1-2-21(32)31-14-12-18(13-15-31)30-25-22(24(27)28-16-29-25)23(26)17-8-10-20(11-9-17)33-19-6-4-3-5-7-19/h2-11,16,18,26H,1,12-15H2,(H3,27,28,29,30). The summed E-state index contributed by atoms with van der Waals surface area (Å²) in [6.07, 6.45) is 4.26. The average Bonchev–Trinajstić information content (AvgIpc) is 2.85. The van der Waals surface area contributed by atoms with E-state index in [1.165, 1.54) is 12.4 Å². The maximum absolute atomic E-state index is 11.8. The second kappa shape index (κ2) is 9.95. The maximum atomic E-state index is 11.8. The number of likely N-dealkylation sites (tertiary alicyclic amines) is 1. The van der Waals surface area contributed by atoms with Crippen LogP contribution in [0.4, 0.5) is 11.6 Å². The molecule has 1 fully saturated rings. The van der Waals surface area contributed by atoms with Crippen LogP contribution in [0.5, 0.6) is 11.5 Å². The number of hydrogen-bond donors (Lipinski definition) is 3. The Labute approximate surface area is 192 Å². The molecule has 0 bridgehead atoms. The number of anilines is 2. The Morgan fingerprint density at radius 1 is 1.09 bits per heavy atom. The normalized spacial score (nSPS) is 13.9. The molecule has 2 aromatic carbocycles. The molecule has 0 atom stereocenters. The molecule has 4 rings (SSSR count). The summed E-state index contributed by atoms with van der Waals surface area (Å²) < 4.78 is 5.83. The van der Waals surface area contributed by atoms with E-state index in [1.54, 1.807) is 4.90 Å². The first-order valence-electron chi connectivity index (χ1n) is 10.8. The highest BCUT2D eigenvalue weighted by atomic mass is 16.5. The molecule has 8 heteroatoms. The van der Waals surface area contributed by atoms with Crippen molar-refractivity contribution in [1.82, 2.24) is 14.9 Å². The number of aromatic nitrogens is 2. The Kier molecular flexibility index (Phi) is 6.64. The molecule has 33 heavy (non-hydrogen) atoms. The van der Waals surface area contributed by atoms with Crippen LogP contribution in [0.3, 0.4) is 0 Å². The number of nitrogens with two attached hydrogens (primary N) is 1. The smallest absolute Gasteiger partial charge is 0.245 e. The van der Waals surface area contributed by atoms with E-state index < -0.39 is 0 Å². The lowest BCUT2D eigenvalue weighted by Crippen LogP contribution is -2.42. The zero-order valence-electron chi connectivity index (χ0n) is 18.2. The van der Waals surface area contributed by atoms with Crippen LogP contribution in [0.25, 0.3) is 0 Å². The van der Waals surface area contributed by atoms with Gasteiger partial charge in [0.15, 0.2) is 0 Å². The number of nitrogen functional groups attached to an aromatic ring is 1. The number of nitrogens with zero attached hydrogens (tertiary/aromatic N) is 3. The molecule has 1 saturated heterocycles. The number of carbonyl (C=O) groups is 1. The summed E-state index contributed by atoms with van der Waals surface area (Å²) >= 11 is 0. The van der Waals surface area contributed by atoms with Crippen molar-refractivity contribution in [2.24, 2.45) is 0 Å². The number of amides is 1. The summed E-state index contributed by atoms with van der Waals surface area (Å²) in [5, 5.41) is 12.2. The minimum atomic E-state index is -0.0538. The predicted molar refractivity (Wildman–Crippen MR) is 129 cm³/mol. The number of para-hydroxylation sites is 1. The Hall–Kier alpha value is -4.20. The Morgan fingerprint density at radius 2 is 1.76 bits per heavy atom. The van der Waals surface area contributed by atoms with Crippen molar-refractivity contribution in [3.63, 3.8) is 0 Å². The van der Waals surface area contributed by atoms with Gasteiger partial charge in [0.05, 0.1) is 11.3 Å². The van der Waals surface area contributed by atoms with E-state index in [0.29, 0.717) is 35.8 Å². The third-order valence-electron chi connectivity index (χ3n) is 5.57. The molecule has 2 heterocycles. The predicted octanol–water partition coefficient (Wildman–Crippen LogP) is 3.86. The van der Waals surface area contributed by atoms with Gasteiger partial charge >= 0.3 is 0 Å². The summed E-state index contributed by atoms with van der Waals surface area (Å²) in [7, 11) is 0. The fourth-order valence-electron chi connectivity index (χ4n) is 3.78. The van der Waals surface area contributed by atoms with Crippen LogP contribution < -0.4 is 15.8 Å². The fourth-order valence-corrected chi connectivity index (χ4v) is 3.78. The lowest BCUT2D eigenvalue weighted by Gasteiger charge is -2.32. The van der Waals surface area contributed by atoms with Crippen LogP contribution in [-0.2, 0) is 4.79 Å². The number of nitrogens with one attached hydrogen (secondary N) is 2. The Morgan fingerprint density at radius 3 is 2.42 bits per heavy atom. The molecule has 0 radical (unpaired) electrons. The molecule has 0 unspecified atom stereocenters. The lowest BCUT2D eigenvalue weighted by atomic mass is 10.0. The summed E-state index contributed by atoms with van der Waals surface area (Å²) in [6, 6.07) is 16.9. The van der Waals surface area contributed by atoms with E-state index in [0.717, 1.165) is 18.6 Å². The van der Waals surface area contributed by atoms with E-state index in [9.17, 15) is 4.79 Å². The number of ether oxygens (including phenoxy) is 1. The van der Waals surface area contributed by atoms with Gasteiger partial charge in [-0.1, -0.05) is 24.8 Å². The number of benzene rings is 2. The Bertz CT molecular complexity index is 1140. The van der Waals surface area contributed by atoms with Crippen molar-refractivity contribution >= 4 is 23.3 Å². The van der Waals surface area contributed by atoms with Crippen LogP contribution in [-0.4, -0.2) is 45.6 Å². The molecule has 0 saturated carbocycles. The first-order chi connectivity index (χ1) is 16.0. The molecular formula is C25H26N6O2. The Balaban J connectivity index is 1.48. The molecule has 4 N–H and O–H groups in total. The first kappa shape index (κ1) is 22.0. The van der Waals surface area contributed by atoms with Crippen LogP contribution in [0.1, 0.15) is 24.0 Å². The van der Waals surface area contributed by atoms with Crippen molar-refractivity contribution < 1.29 is 9.53 Å². The average molecular weight is 443 g/mol. The van der Waals surface area contributed by atoms with E-state index in [1.807, 2.05) is 54.6 Å². The highest BCUT2D eigenvalue weighted by Gasteiger charge is 2.24. The summed E-state index contributed by atoms with van der Waals surface area (Å²) in [5.41, 5.74) is 7.51. The van der Waals surface area contributed by atoms with Gasteiger partial charge in [0.25, 0.3) is 0 Å². The zero-order chi connectivity index (χ0) is 23.2.